The Morgan fingerprint density at radius 2 is 2.10 bits per heavy atom. The number of benzene rings is 1. The zero-order valence-corrected chi connectivity index (χ0v) is 14.7. The molecule has 0 amide bonds. The fourth-order valence-electron chi connectivity index (χ4n) is 1.73. The third-order valence-corrected chi connectivity index (χ3v) is 6.66. The van der Waals surface area contributed by atoms with E-state index in [1.54, 1.807) is 24.3 Å². The minimum atomic E-state index is -3.65. The van der Waals surface area contributed by atoms with Crippen LogP contribution in [0.5, 0.6) is 5.75 Å². The summed E-state index contributed by atoms with van der Waals surface area (Å²) in [5, 5.41) is 0. The second kappa shape index (κ2) is 6.35. The Labute approximate surface area is 136 Å². The van der Waals surface area contributed by atoms with Crippen LogP contribution in [0.15, 0.2) is 32.9 Å². The lowest BCUT2D eigenvalue weighted by Crippen LogP contribution is -2.12. The van der Waals surface area contributed by atoms with Crippen molar-refractivity contribution in [2.75, 3.05) is 11.8 Å². The first kappa shape index (κ1) is 16.3. The summed E-state index contributed by atoms with van der Waals surface area (Å²) in [6.45, 7) is 2.17. The zero-order chi connectivity index (χ0) is 15.6. The topological polar surface area (TPSA) is 81.4 Å². The SMILES string of the molecule is COc1ccc(Br)c(NS(=O)(=O)c2cc(C)c(CN)s2)c1. The molecule has 0 radical (unpaired) electrons. The van der Waals surface area contributed by atoms with Gasteiger partial charge in [0, 0.05) is 22.0 Å². The van der Waals surface area contributed by atoms with Crippen molar-refractivity contribution < 1.29 is 13.2 Å². The van der Waals surface area contributed by atoms with Crippen molar-refractivity contribution in [1.29, 1.82) is 0 Å². The first-order chi connectivity index (χ1) is 9.87. The summed E-state index contributed by atoms with van der Waals surface area (Å²) in [6, 6.07) is 6.71. The third-order valence-electron chi connectivity index (χ3n) is 2.87. The van der Waals surface area contributed by atoms with Crippen LogP contribution in [0.3, 0.4) is 0 Å². The van der Waals surface area contributed by atoms with E-state index in [0.29, 0.717) is 22.5 Å². The number of thiophene rings is 1. The van der Waals surface area contributed by atoms with Crippen LogP contribution in [0.1, 0.15) is 10.4 Å². The molecule has 0 aliphatic heterocycles. The summed E-state index contributed by atoms with van der Waals surface area (Å²) in [5.41, 5.74) is 6.90. The van der Waals surface area contributed by atoms with Gasteiger partial charge in [-0.15, -0.1) is 11.3 Å². The van der Waals surface area contributed by atoms with Crippen LogP contribution < -0.4 is 15.2 Å². The molecular weight excluding hydrogens is 376 g/mol. The largest absolute Gasteiger partial charge is 0.497 e. The van der Waals surface area contributed by atoms with E-state index in [2.05, 4.69) is 20.7 Å². The van der Waals surface area contributed by atoms with Crippen molar-refractivity contribution in [2.24, 2.45) is 5.73 Å². The normalized spacial score (nSPS) is 11.4. The van der Waals surface area contributed by atoms with Gasteiger partial charge in [0.2, 0.25) is 0 Å². The highest BCUT2D eigenvalue weighted by Crippen LogP contribution is 2.31. The van der Waals surface area contributed by atoms with Crippen molar-refractivity contribution in [1.82, 2.24) is 0 Å². The van der Waals surface area contributed by atoms with E-state index in [4.69, 9.17) is 10.5 Å². The van der Waals surface area contributed by atoms with E-state index in [9.17, 15) is 8.42 Å². The summed E-state index contributed by atoms with van der Waals surface area (Å²) in [6.07, 6.45) is 0. The lowest BCUT2D eigenvalue weighted by Gasteiger charge is -2.10. The summed E-state index contributed by atoms with van der Waals surface area (Å²) in [4.78, 5) is 0.861. The molecule has 0 fully saturated rings. The average Bonchev–Trinajstić information content (AvgIpc) is 2.83. The highest BCUT2D eigenvalue weighted by Gasteiger charge is 2.20. The summed E-state index contributed by atoms with van der Waals surface area (Å²) in [5.74, 6) is 0.570. The minimum absolute atomic E-state index is 0.246. The van der Waals surface area contributed by atoms with Crippen LogP contribution in [-0.2, 0) is 16.6 Å². The molecular formula is C13H15BrN2O3S2. The Morgan fingerprint density at radius 3 is 2.67 bits per heavy atom. The predicted octanol–water partition coefficient (Wildman–Crippen LogP) is 3.09. The van der Waals surface area contributed by atoms with E-state index < -0.39 is 10.0 Å². The van der Waals surface area contributed by atoms with Gasteiger partial charge in [-0.25, -0.2) is 8.42 Å². The molecule has 1 aromatic carbocycles. The van der Waals surface area contributed by atoms with Gasteiger partial charge in [-0.3, -0.25) is 4.72 Å². The quantitative estimate of drug-likeness (QED) is 0.821. The number of methoxy groups -OCH3 is 1. The Bertz CT molecular complexity index is 757. The molecule has 2 rings (SSSR count). The maximum Gasteiger partial charge on any atom is 0.271 e. The fourth-order valence-corrected chi connectivity index (χ4v) is 4.74. The van der Waals surface area contributed by atoms with Crippen LogP contribution in [0, 0.1) is 6.92 Å². The van der Waals surface area contributed by atoms with E-state index in [-0.39, 0.29) is 4.21 Å². The van der Waals surface area contributed by atoms with Crippen LogP contribution in [0.25, 0.3) is 0 Å². The molecule has 114 valence electrons. The fraction of sp³-hybridized carbons (Fsp3) is 0.231. The van der Waals surface area contributed by atoms with Crippen molar-refractivity contribution in [3.05, 3.63) is 39.2 Å². The van der Waals surface area contributed by atoms with Crippen molar-refractivity contribution in [3.63, 3.8) is 0 Å². The number of anilines is 1. The minimum Gasteiger partial charge on any atom is -0.497 e. The van der Waals surface area contributed by atoms with Crippen LogP contribution in [0.4, 0.5) is 5.69 Å². The number of ether oxygens (including phenoxy) is 1. The molecule has 2 aromatic rings. The third kappa shape index (κ3) is 3.57. The molecule has 0 atom stereocenters. The molecule has 0 aliphatic rings. The van der Waals surface area contributed by atoms with Gasteiger partial charge < -0.3 is 10.5 Å². The van der Waals surface area contributed by atoms with Crippen molar-refractivity contribution in [2.45, 2.75) is 17.7 Å². The summed E-state index contributed by atoms with van der Waals surface area (Å²) >= 11 is 4.50. The molecule has 21 heavy (non-hydrogen) atoms. The van der Waals surface area contributed by atoms with Gasteiger partial charge in [0.1, 0.15) is 9.96 Å². The van der Waals surface area contributed by atoms with E-state index in [1.807, 2.05) is 6.92 Å². The lowest BCUT2D eigenvalue weighted by molar-refractivity contribution is 0.415. The number of halogens is 1. The lowest BCUT2D eigenvalue weighted by atomic mass is 10.3. The number of nitrogens with two attached hydrogens (primary N) is 1. The van der Waals surface area contributed by atoms with Crippen molar-refractivity contribution in [3.8, 4) is 5.75 Å². The average molecular weight is 391 g/mol. The molecule has 0 spiro atoms. The zero-order valence-electron chi connectivity index (χ0n) is 11.5. The molecule has 0 unspecified atom stereocenters. The molecule has 1 heterocycles. The molecule has 0 aliphatic carbocycles. The maximum absolute atomic E-state index is 12.4. The Kier molecular flexibility index (Phi) is 4.92. The van der Waals surface area contributed by atoms with Gasteiger partial charge in [-0.05, 0) is 46.6 Å². The van der Waals surface area contributed by atoms with Crippen LogP contribution in [0.2, 0.25) is 0 Å². The first-order valence-corrected chi connectivity index (χ1v) is 9.12. The Morgan fingerprint density at radius 1 is 1.38 bits per heavy atom. The van der Waals surface area contributed by atoms with Gasteiger partial charge in [0.25, 0.3) is 10.0 Å². The Balaban J connectivity index is 2.37. The number of aryl methyl sites for hydroxylation is 1. The van der Waals surface area contributed by atoms with E-state index in [1.165, 1.54) is 18.4 Å². The maximum atomic E-state index is 12.4. The molecule has 5 nitrogen and oxygen atoms in total. The van der Waals surface area contributed by atoms with E-state index in [0.717, 1.165) is 10.4 Å². The van der Waals surface area contributed by atoms with Crippen molar-refractivity contribution >= 4 is 43.0 Å². The monoisotopic (exact) mass is 390 g/mol. The van der Waals surface area contributed by atoms with Gasteiger partial charge in [0.05, 0.1) is 12.8 Å². The van der Waals surface area contributed by atoms with Gasteiger partial charge in [0.15, 0.2) is 0 Å². The van der Waals surface area contributed by atoms with Crippen LogP contribution in [-0.4, -0.2) is 15.5 Å². The highest BCUT2D eigenvalue weighted by atomic mass is 79.9. The van der Waals surface area contributed by atoms with Gasteiger partial charge >= 0.3 is 0 Å². The number of hydrogen-bond donors (Lipinski definition) is 2. The predicted molar refractivity (Wildman–Crippen MR) is 88.4 cm³/mol. The molecule has 0 bridgehead atoms. The molecule has 3 N–H and O–H groups in total. The van der Waals surface area contributed by atoms with Gasteiger partial charge in [-0.1, -0.05) is 0 Å². The highest BCUT2D eigenvalue weighted by molar-refractivity contribution is 9.10. The Hall–Kier alpha value is -1.09. The summed E-state index contributed by atoms with van der Waals surface area (Å²) < 4.78 is 33.4. The molecule has 0 saturated carbocycles. The van der Waals surface area contributed by atoms with E-state index >= 15 is 0 Å². The standard InChI is InChI=1S/C13H15BrN2O3S2/c1-8-5-13(20-12(8)7-15)21(17,18)16-11-6-9(19-2)3-4-10(11)14/h3-6,16H,7,15H2,1-2H3. The summed E-state index contributed by atoms with van der Waals surface area (Å²) in [7, 11) is -2.12. The molecule has 0 saturated heterocycles. The molecule has 8 heteroatoms. The number of sulfonamides is 1. The number of rotatable bonds is 5. The number of hydrogen-bond acceptors (Lipinski definition) is 5. The second-order valence-corrected chi connectivity index (χ2v) is 8.23. The smallest absolute Gasteiger partial charge is 0.271 e. The molecule has 1 aromatic heterocycles. The first-order valence-electron chi connectivity index (χ1n) is 6.03. The second-order valence-electron chi connectivity index (χ2n) is 4.33. The van der Waals surface area contributed by atoms with Crippen LogP contribution >= 0.6 is 27.3 Å². The number of nitrogens with one attached hydrogen (secondary N) is 1. The van der Waals surface area contributed by atoms with Gasteiger partial charge in [-0.2, -0.15) is 0 Å².